The van der Waals surface area contributed by atoms with Crippen molar-refractivity contribution in [3.63, 3.8) is 0 Å². The zero-order valence-electron chi connectivity index (χ0n) is 13.9. The lowest BCUT2D eigenvalue weighted by Gasteiger charge is -2.33. The van der Waals surface area contributed by atoms with Crippen LogP contribution in [-0.2, 0) is 16.9 Å². The average molecular weight is 361 g/mol. The van der Waals surface area contributed by atoms with E-state index in [4.69, 9.17) is 11.6 Å². The Morgan fingerprint density at radius 3 is 2.76 bits per heavy atom. The minimum absolute atomic E-state index is 0.0217. The van der Waals surface area contributed by atoms with Crippen molar-refractivity contribution in [3.8, 4) is 0 Å². The Morgan fingerprint density at radius 2 is 2.12 bits per heavy atom. The normalized spacial score (nSPS) is 23.0. The highest BCUT2D eigenvalue weighted by Crippen LogP contribution is 2.39. The summed E-state index contributed by atoms with van der Waals surface area (Å²) >= 11 is 6.26. The molecule has 1 fully saturated rings. The highest BCUT2D eigenvalue weighted by Gasteiger charge is 2.50. The fraction of sp³-hybridized carbons (Fsp3) is 0.412. The van der Waals surface area contributed by atoms with Crippen LogP contribution in [0, 0.1) is 0 Å². The van der Waals surface area contributed by atoms with Crippen LogP contribution < -0.4 is 16.2 Å². The summed E-state index contributed by atoms with van der Waals surface area (Å²) in [6.45, 7) is 4.29. The number of nitrogens with zero attached hydrogens (tertiary/aromatic N) is 2. The van der Waals surface area contributed by atoms with Gasteiger partial charge < -0.3 is 9.88 Å². The van der Waals surface area contributed by atoms with E-state index in [-0.39, 0.29) is 17.9 Å². The molecular weight excluding hydrogens is 344 g/mol. The summed E-state index contributed by atoms with van der Waals surface area (Å²) in [5.74, 6) is -0.404. The van der Waals surface area contributed by atoms with Crippen LogP contribution in [0.2, 0.25) is 5.02 Å². The van der Waals surface area contributed by atoms with Crippen LogP contribution >= 0.6 is 11.6 Å². The smallest absolute Gasteiger partial charge is 0.319 e. The molecule has 0 saturated carbocycles. The summed E-state index contributed by atoms with van der Waals surface area (Å²) in [4.78, 5) is 41.7. The molecule has 4 rings (SSSR count). The predicted molar refractivity (Wildman–Crippen MR) is 92.7 cm³/mol. The number of fused-ring (bicyclic) bond motifs is 1. The first-order chi connectivity index (χ1) is 11.9. The van der Waals surface area contributed by atoms with Crippen LogP contribution in [0.4, 0.5) is 4.79 Å². The van der Waals surface area contributed by atoms with Crippen LogP contribution in [0.1, 0.15) is 43.9 Å². The molecule has 0 bridgehead atoms. The second kappa shape index (κ2) is 5.29. The van der Waals surface area contributed by atoms with Crippen molar-refractivity contribution in [2.45, 2.75) is 44.7 Å². The van der Waals surface area contributed by atoms with E-state index in [0.29, 0.717) is 33.9 Å². The zero-order chi connectivity index (χ0) is 17.9. The molecule has 2 atom stereocenters. The third kappa shape index (κ3) is 2.12. The molecule has 2 aliphatic heterocycles. The molecule has 0 radical (unpaired) electrons. The number of amides is 3. The van der Waals surface area contributed by atoms with Gasteiger partial charge >= 0.3 is 6.03 Å². The van der Waals surface area contributed by atoms with Gasteiger partial charge in [0.05, 0.1) is 11.0 Å². The van der Waals surface area contributed by atoms with Crippen LogP contribution in [0.15, 0.2) is 16.9 Å². The second-order valence-electron chi connectivity index (χ2n) is 6.65. The third-order valence-electron chi connectivity index (χ3n) is 5.22. The molecular formula is C17H17ClN4O3. The molecule has 2 aliphatic rings. The largest absolute Gasteiger partial charge is 0.322 e. The van der Waals surface area contributed by atoms with Crippen molar-refractivity contribution in [1.29, 1.82) is 0 Å². The highest BCUT2D eigenvalue weighted by atomic mass is 35.5. The molecule has 3 amide bonds. The number of carbonyl (C=O) groups is 2. The van der Waals surface area contributed by atoms with Crippen molar-refractivity contribution < 1.29 is 9.59 Å². The number of rotatable bonds is 2. The molecule has 2 unspecified atom stereocenters. The number of urea groups is 1. The molecule has 25 heavy (non-hydrogen) atoms. The number of hydrogen-bond acceptors (Lipinski definition) is 4. The van der Waals surface area contributed by atoms with Gasteiger partial charge in [-0.1, -0.05) is 25.4 Å². The maximum atomic E-state index is 12.9. The highest BCUT2D eigenvalue weighted by molar-refractivity contribution is 6.31. The maximum absolute atomic E-state index is 12.9. The number of carbonyl (C=O) groups excluding carboxylic acids is 2. The second-order valence-corrected chi connectivity index (χ2v) is 7.08. The van der Waals surface area contributed by atoms with Gasteiger partial charge in [0, 0.05) is 29.5 Å². The Balaban J connectivity index is 2.09. The summed E-state index contributed by atoms with van der Waals surface area (Å²) in [5.41, 5.74) is 0.788. The zero-order valence-corrected chi connectivity index (χ0v) is 14.6. The van der Waals surface area contributed by atoms with E-state index in [9.17, 15) is 14.4 Å². The lowest BCUT2D eigenvalue weighted by molar-refractivity contribution is -0.124. The van der Waals surface area contributed by atoms with Crippen LogP contribution in [0.25, 0.3) is 11.0 Å². The summed E-state index contributed by atoms with van der Waals surface area (Å²) in [5, 5.41) is 5.41. The molecule has 1 spiro atoms. The molecule has 130 valence electrons. The Labute approximate surface area is 148 Å². The van der Waals surface area contributed by atoms with E-state index >= 15 is 0 Å². The summed E-state index contributed by atoms with van der Waals surface area (Å²) in [6.07, 6.45) is 1.08. The van der Waals surface area contributed by atoms with E-state index in [1.54, 1.807) is 16.7 Å². The molecule has 7 nitrogen and oxygen atoms in total. The Hall–Kier alpha value is -2.41. The Bertz CT molecular complexity index is 1000. The van der Waals surface area contributed by atoms with Crippen molar-refractivity contribution >= 4 is 34.6 Å². The van der Waals surface area contributed by atoms with Gasteiger partial charge in [-0.05, 0) is 18.6 Å². The number of aryl methyl sites for hydroxylation is 1. The molecule has 2 aromatic rings. The molecule has 3 heterocycles. The molecule has 1 aromatic heterocycles. The number of nitrogens with one attached hydrogen (secondary N) is 2. The minimum Gasteiger partial charge on any atom is -0.319 e. The van der Waals surface area contributed by atoms with E-state index in [0.717, 1.165) is 6.42 Å². The first kappa shape index (κ1) is 16.1. The molecule has 2 N–H and O–H groups in total. The third-order valence-corrected chi connectivity index (χ3v) is 5.44. The van der Waals surface area contributed by atoms with Gasteiger partial charge in [-0.15, -0.1) is 0 Å². The fourth-order valence-electron chi connectivity index (χ4n) is 3.70. The standard InChI is InChI=1S/C17H17ClN4O3/c1-3-8(2)12-14(23)22-5-4-17(15(24)20-16(25)21-17)10-6-9(18)7-11(19-12)13(10)22/h6-8H,3-5H2,1-2H3,(H2,20,21,24,25). The minimum atomic E-state index is -1.20. The number of benzene rings is 1. The average Bonchev–Trinajstić information content (AvgIpc) is 2.86. The van der Waals surface area contributed by atoms with Crippen LogP contribution in [0.5, 0.6) is 0 Å². The van der Waals surface area contributed by atoms with Crippen LogP contribution in [-0.4, -0.2) is 21.5 Å². The first-order valence-corrected chi connectivity index (χ1v) is 8.63. The number of aromatic nitrogens is 2. The monoisotopic (exact) mass is 360 g/mol. The van der Waals surface area contributed by atoms with E-state index in [1.165, 1.54) is 0 Å². The van der Waals surface area contributed by atoms with Gasteiger partial charge in [-0.25, -0.2) is 9.78 Å². The van der Waals surface area contributed by atoms with Crippen molar-refractivity contribution in [2.75, 3.05) is 0 Å². The predicted octanol–water partition coefficient (Wildman–Crippen LogP) is 2.00. The summed E-state index contributed by atoms with van der Waals surface area (Å²) in [7, 11) is 0. The van der Waals surface area contributed by atoms with Crippen molar-refractivity contribution in [3.05, 3.63) is 38.8 Å². The van der Waals surface area contributed by atoms with Gasteiger partial charge in [0.25, 0.3) is 11.5 Å². The van der Waals surface area contributed by atoms with Gasteiger partial charge in [-0.2, -0.15) is 0 Å². The summed E-state index contributed by atoms with van der Waals surface area (Å²) in [6, 6.07) is 2.78. The van der Waals surface area contributed by atoms with Gasteiger partial charge in [0.15, 0.2) is 0 Å². The maximum Gasteiger partial charge on any atom is 0.322 e. The van der Waals surface area contributed by atoms with Gasteiger partial charge in [0.2, 0.25) is 0 Å². The Kier molecular flexibility index (Phi) is 3.40. The van der Waals surface area contributed by atoms with Gasteiger partial charge in [-0.3, -0.25) is 14.9 Å². The topological polar surface area (TPSA) is 93.1 Å². The lowest BCUT2D eigenvalue weighted by Crippen LogP contribution is -2.48. The number of halogens is 1. The number of imide groups is 1. The van der Waals surface area contributed by atoms with E-state index in [1.807, 2.05) is 13.8 Å². The van der Waals surface area contributed by atoms with Crippen molar-refractivity contribution in [1.82, 2.24) is 20.2 Å². The first-order valence-electron chi connectivity index (χ1n) is 8.25. The molecule has 1 aromatic carbocycles. The summed E-state index contributed by atoms with van der Waals surface area (Å²) < 4.78 is 1.65. The quantitative estimate of drug-likeness (QED) is 0.801. The Morgan fingerprint density at radius 1 is 1.36 bits per heavy atom. The van der Waals surface area contributed by atoms with E-state index < -0.39 is 17.5 Å². The SMILES string of the molecule is CCC(C)c1nc2cc(Cl)cc3c2n(c1=O)CCC31NC(=O)NC1=O. The molecule has 8 heteroatoms. The fourth-order valence-corrected chi connectivity index (χ4v) is 3.91. The molecule has 0 aliphatic carbocycles. The molecule has 1 saturated heterocycles. The van der Waals surface area contributed by atoms with Crippen molar-refractivity contribution in [2.24, 2.45) is 0 Å². The van der Waals surface area contributed by atoms with Gasteiger partial charge in [0.1, 0.15) is 11.2 Å². The van der Waals surface area contributed by atoms with Crippen LogP contribution in [0.3, 0.4) is 0 Å². The van der Waals surface area contributed by atoms with E-state index in [2.05, 4.69) is 15.6 Å². The number of hydrogen-bond donors (Lipinski definition) is 2. The lowest BCUT2D eigenvalue weighted by atomic mass is 9.83.